The second-order valence-electron chi connectivity index (χ2n) is 13.6. The number of furan rings is 1. The molecule has 8 aromatic carbocycles. The van der Waals surface area contributed by atoms with Crippen LogP contribution in [0, 0.1) is 0 Å². The van der Waals surface area contributed by atoms with Crippen molar-refractivity contribution in [2.45, 2.75) is 0 Å². The van der Waals surface area contributed by atoms with Crippen LogP contribution in [0.15, 0.2) is 162 Å². The zero-order valence-corrected chi connectivity index (χ0v) is 27.7. The zero-order valence-electron chi connectivity index (χ0n) is 27.7. The average Bonchev–Trinajstić information content (AvgIpc) is 3.77. The van der Waals surface area contributed by atoms with E-state index in [1.807, 2.05) is 12.1 Å². The minimum Gasteiger partial charge on any atom is -0.455 e. The lowest BCUT2D eigenvalue weighted by molar-refractivity contribution is 0.666. The van der Waals surface area contributed by atoms with E-state index < -0.39 is 0 Å². The Morgan fingerprint density at radius 1 is 0.404 bits per heavy atom. The molecule has 5 nitrogen and oxygen atoms in total. The third kappa shape index (κ3) is 3.85. The van der Waals surface area contributed by atoms with Crippen LogP contribution in [0.5, 0.6) is 0 Å². The second kappa shape index (κ2) is 10.2. The summed E-state index contributed by atoms with van der Waals surface area (Å²) in [5.74, 6) is 0. The Balaban J connectivity index is 1.17. The first-order chi connectivity index (χ1) is 25.7. The Morgan fingerprint density at radius 2 is 1.10 bits per heavy atom. The highest BCUT2D eigenvalue weighted by Crippen LogP contribution is 2.41. The largest absolute Gasteiger partial charge is 0.455 e. The Labute approximate surface area is 296 Å². The van der Waals surface area contributed by atoms with Crippen LogP contribution < -0.4 is 0 Å². The molecule has 52 heavy (non-hydrogen) atoms. The van der Waals surface area contributed by atoms with Gasteiger partial charge >= 0.3 is 0 Å². The third-order valence-electron chi connectivity index (χ3n) is 10.7. The molecule has 0 radical (unpaired) electrons. The number of fused-ring (bicyclic) bond motifs is 15. The molecule has 4 heterocycles. The molecule has 0 aliphatic heterocycles. The lowest BCUT2D eigenvalue weighted by atomic mass is 9.95. The Kier molecular flexibility index (Phi) is 5.44. The van der Waals surface area contributed by atoms with Gasteiger partial charge in [-0.2, -0.15) is 0 Å². The molecule has 240 valence electrons. The van der Waals surface area contributed by atoms with Crippen molar-refractivity contribution in [3.8, 4) is 22.5 Å². The molecule has 0 N–H and O–H groups in total. The van der Waals surface area contributed by atoms with Crippen LogP contribution in [0.1, 0.15) is 0 Å². The van der Waals surface area contributed by atoms with E-state index in [9.17, 15) is 0 Å². The van der Waals surface area contributed by atoms with Crippen molar-refractivity contribution in [1.82, 2.24) is 19.4 Å². The van der Waals surface area contributed by atoms with Crippen molar-refractivity contribution >= 4 is 92.7 Å². The molecule has 0 spiro atoms. The number of hydrogen-bond donors (Lipinski definition) is 0. The monoisotopic (exact) mass is 662 g/mol. The summed E-state index contributed by atoms with van der Waals surface area (Å²) in [7, 11) is 0. The van der Waals surface area contributed by atoms with Gasteiger partial charge in [-0.05, 0) is 57.3 Å². The maximum atomic E-state index is 6.34. The Bertz CT molecular complexity index is 3480. The van der Waals surface area contributed by atoms with Crippen LogP contribution in [-0.4, -0.2) is 19.4 Å². The summed E-state index contributed by atoms with van der Waals surface area (Å²) < 4.78 is 8.53. The van der Waals surface area contributed by atoms with Crippen LogP contribution in [0.3, 0.4) is 0 Å². The molecular formula is C47H26N4O. The van der Waals surface area contributed by atoms with Gasteiger partial charge in [-0.1, -0.05) is 121 Å². The maximum absolute atomic E-state index is 6.34. The number of pyridine rings is 1. The molecule has 0 bridgehead atoms. The van der Waals surface area contributed by atoms with Gasteiger partial charge in [-0.25, -0.2) is 15.0 Å². The molecular weight excluding hydrogens is 637 g/mol. The normalized spacial score (nSPS) is 12.2. The first-order valence-corrected chi connectivity index (χ1v) is 17.5. The lowest BCUT2D eigenvalue weighted by Gasteiger charge is -2.14. The highest BCUT2D eigenvalue weighted by Gasteiger charge is 2.20. The van der Waals surface area contributed by atoms with Crippen molar-refractivity contribution in [2.24, 2.45) is 0 Å². The van der Waals surface area contributed by atoms with Gasteiger partial charge < -0.3 is 4.42 Å². The number of nitrogens with zero attached hydrogens (tertiary/aromatic N) is 4. The zero-order chi connectivity index (χ0) is 33.9. The minimum atomic E-state index is 0.838. The van der Waals surface area contributed by atoms with Gasteiger partial charge in [0.2, 0.25) is 0 Å². The maximum Gasteiger partial charge on any atom is 0.152 e. The molecule has 0 amide bonds. The van der Waals surface area contributed by atoms with E-state index in [1.54, 1.807) is 0 Å². The second-order valence-corrected chi connectivity index (χ2v) is 13.6. The topological polar surface area (TPSA) is 56.2 Å². The summed E-state index contributed by atoms with van der Waals surface area (Å²) in [5.41, 5.74) is 10.2. The molecule has 12 aromatic rings. The van der Waals surface area contributed by atoms with Gasteiger partial charge in [0.05, 0.1) is 39.7 Å². The first-order valence-electron chi connectivity index (χ1n) is 17.5. The average molecular weight is 663 g/mol. The van der Waals surface area contributed by atoms with E-state index in [1.165, 1.54) is 10.8 Å². The highest BCUT2D eigenvalue weighted by molar-refractivity contribution is 6.25. The van der Waals surface area contributed by atoms with E-state index in [0.29, 0.717) is 0 Å². The summed E-state index contributed by atoms with van der Waals surface area (Å²) in [6, 6.07) is 53.3. The van der Waals surface area contributed by atoms with Crippen molar-refractivity contribution in [1.29, 1.82) is 0 Å². The third-order valence-corrected chi connectivity index (χ3v) is 10.7. The number of rotatable bonds is 2. The van der Waals surface area contributed by atoms with E-state index in [0.717, 1.165) is 104 Å². The summed E-state index contributed by atoms with van der Waals surface area (Å²) in [6.45, 7) is 0. The fourth-order valence-corrected chi connectivity index (χ4v) is 8.28. The van der Waals surface area contributed by atoms with Gasteiger partial charge in [0, 0.05) is 38.1 Å². The number of benzene rings is 8. The smallest absolute Gasteiger partial charge is 0.152 e. The quantitative estimate of drug-likeness (QED) is 0.173. The molecule has 4 aromatic heterocycles. The molecule has 12 rings (SSSR count). The van der Waals surface area contributed by atoms with Crippen molar-refractivity contribution in [3.63, 3.8) is 0 Å². The fraction of sp³-hybridized carbons (Fsp3) is 0. The van der Waals surface area contributed by atoms with E-state index in [-0.39, 0.29) is 0 Å². The predicted octanol–water partition coefficient (Wildman–Crippen LogP) is 12.3. The van der Waals surface area contributed by atoms with Crippen LogP contribution >= 0.6 is 0 Å². The van der Waals surface area contributed by atoms with Crippen molar-refractivity contribution < 1.29 is 4.42 Å². The van der Waals surface area contributed by atoms with Crippen LogP contribution in [0.4, 0.5) is 0 Å². The van der Waals surface area contributed by atoms with Crippen LogP contribution in [0.25, 0.3) is 115 Å². The number of aromatic nitrogens is 4. The molecule has 0 saturated carbocycles. The highest BCUT2D eigenvalue weighted by atomic mass is 16.3. The predicted molar refractivity (Wildman–Crippen MR) is 214 cm³/mol. The molecule has 0 unspecified atom stereocenters. The van der Waals surface area contributed by atoms with Gasteiger partial charge in [0.1, 0.15) is 11.2 Å². The summed E-state index contributed by atoms with van der Waals surface area (Å²) in [6.07, 6.45) is 2.10. The SMILES string of the molecule is c1ccc2cc(-c3nc4ccc5ccccc5c4nc3-c3ccc4c(c3)c3ccccc3c3nc5cc6c(cn5c43)oc3ccccc36)ccc2c1. The van der Waals surface area contributed by atoms with Crippen molar-refractivity contribution in [3.05, 3.63) is 158 Å². The van der Waals surface area contributed by atoms with Gasteiger partial charge in [-0.3, -0.25) is 4.40 Å². The van der Waals surface area contributed by atoms with E-state index in [4.69, 9.17) is 19.4 Å². The Hall–Kier alpha value is -7.11. The van der Waals surface area contributed by atoms with Crippen molar-refractivity contribution in [2.75, 3.05) is 0 Å². The minimum absolute atomic E-state index is 0.838. The van der Waals surface area contributed by atoms with Crippen LogP contribution in [0.2, 0.25) is 0 Å². The molecule has 0 aliphatic rings. The fourth-order valence-electron chi connectivity index (χ4n) is 8.28. The molecule has 0 saturated heterocycles. The number of imidazole rings is 1. The van der Waals surface area contributed by atoms with E-state index >= 15 is 0 Å². The number of para-hydroxylation sites is 1. The molecule has 0 atom stereocenters. The summed E-state index contributed by atoms with van der Waals surface area (Å²) in [5, 5.41) is 11.3. The summed E-state index contributed by atoms with van der Waals surface area (Å²) in [4.78, 5) is 16.1. The lowest BCUT2D eigenvalue weighted by Crippen LogP contribution is -1.97. The van der Waals surface area contributed by atoms with Gasteiger partial charge in [0.25, 0.3) is 0 Å². The Morgan fingerprint density at radius 3 is 2.00 bits per heavy atom. The number of hydrogen-bond acceptors (Lipinski definition) is 4. The molecule has 5 heteroatoms. The van der Waals surface area contributed by atoms with Crippen LogP contribution in [-0.2, 0) is 0 Å². The summed E-state index contributed by atoms with van der Waals surface area (Å²) >= 11 is 0. The molecule has 0 aliphatic carbocycles. The van der Waals surface area contributed by atoms with Gasteiger partial charge in [-0.15, -0.1) is 0 Å². The van der Waals surface area contributed by atoms with E-state index in [2.05, 4.69) is 150 Å². The standard InChI is InChI=1S/C47H26N4O/c1-2-11-29-23-30(18-17-27(29)9-1)43-44(50-45-32-12-4-3-10-28(32)20-22-39(45)48-43)31-19-21-36-37(24-31)33-13-5-6-15-35(33)46-47(36)51-26-41-38(25-42(51)49-46)34-14-7-8-16-40(34)52-41/h1-26H. The molecule has 0 fully saturated rings. The first kappa shape index (κ1) is 27.7. The van der Waals surface area contributed by atoms with Gasteiger partial charge in [0.15, 0.2) is 5.58 Å².